The van der Waals surface area contributed by atoms with Crippen LogP contribution in [0.2, 0.25) is 36.3 Å². The first-order chi connectivity index (χ1) is 38.6. The van der Waals surface area contributed by atoms with Gasteiger partial charge in [-0.05, 0) is 121 Å². The molecule has 2 aromatic carbocycles. The first-order valence-corrected chi connectivity index (χ1v) is 34.6. The molecule has 0 aromatic heterocycles. The number of ether oxygens (including phenoxy) is 2. The molecule has 4 amide bonds. The van der Waals surface area contributed by atoms with Crippen molar-refractivity contribution in [3.8, 4) is 0 Å². The van der Waals surface area contributed by atoms with E-state index >= 15 is 0 Å². The highest BCUT2D eigenvalue weighted by molar-refractivity contribution is 6.74. The highest BCUT2D eigenvalue weighted by Crippen LogP contribution is 2.38. The number of hydrogen-bond acceptors (Lipinski definition) is 15. The van der Waals surface area contributed by atoms with Gasteiger partial charge < -0.3 is 49.6 Å². The van der Waals surface area contributed by atoms with Crippen molar-refractivity contribution in [2.75, 3.05) is 57.7 Å². The van der Waals surface area contributed by atoms with Gasteiger partial charge in [-0.2, -0.15) is 0 Å². The number of nitrogens with two attached hydrogens (primary N) is 1. The molecule has 0 saturated carbocycles. The fourth-order valence-corrected chi connectivity index (χ4v) is 8.90. The fourth-order valence-electron chi connectivity index (χ4n) is 6.98. The maximum absolute atomic E-state index is 12.9. The topological polar surface area (TPSA) is 284 Å². The number of Topliss-reactive ketones (excluding diaryl/α,β-unsaturated/α-hetero) is 3. The molecule has 0 heterocycles. The molecule has 2 aromatic rings. The van der Waals surface area contributed by atoms with Gasteiger partial charge in [-0.3, -0.25) is 47.9 Å². The third-order valence-electron chi connectivity index (χ3n) is 14.8. The van der Waals surface area contributed by atoms with E-state index < -0.39 is 22.6 Å². The van der Waals surface area contributed by atoms with Crippen molar-refractivity contribution < 1.29 is 71.4 Å². The van der Waals surface area contributed by atoms with Crippen LogP contribution in [0.1, 0.15) is 168 Å². The molecule has 0 bridgehead atoms. The van der Waals surface area contributed by atoms with Gasteiger partial charge in [0, 0.05) is 89.7 Å². The molecule has 0 spiro atoms. The zero-order chi connectivity index (χ0) is 63.7. The predicted octanol–water partition coefficient (Wildman–Crippen LogP) is 9.24. The Morgan fingerprint density at radius 1 is 0.494 bits per heavy atom. The number of carboxylic acid groups (broad SMARTS) is 1. The lowest BCUT2D eigenvalue weighted by Crippen LogP contribution is -2.40. The maximum atomic E-state index is 12.9. The Balaban J connectivity index is 0.00000140. The predicted molar refractivity (Wildman–Crippen MR) is 329 cm³/mol. The Labute approximate surface area is 496 Å². The molecule has 0 saturated heterocycles. The number of aliphatic carboxylic acids is 1. The summed E-state index contributed by atoms with van der Waals surface area (Å²) in [5.41, 5.74) is 11.0. The minimum Gasteiger partial charge on any atom is -0.481 e. The molecule has 83 heavy (non-hydrogen) atoms. The average Bonchev–Trinajstić information content (AvgIpc) is 3.54. The quantitative estimate of drug-likeness (QED) is 0.0288. The number of unbranched alkanes of at least 4 members (excludes halogenated alkanes) is 2. The van der Waals surface area contributed by atoms with Gasteiger partial charge in [0.05, 0.1) is 47.1 Å². The summed E-state index contributed by atoms with van der Waals surface area (Å²) in [7, 11) is 2.26. The van der Waals surface area contributed by atoms with Crippen molar-refractivity contribution >= 4 is 86.9 Å². The zero-order valence-electron chi connectivity index (χ0n) is 52.9. The molecular formula is C61H101N5O15Si2. The van der Waals surface area contributed by atoms with Gasteiger partial charge in [0.25, 0.3) is 0 Å². The summed E-state index contributed by atoms with van der Waals surface area (Å²) in [6, 6.07) is 12.2. The van der Waals surface area contributed by atoms with Gasteiger partial charge in [-0.15, -0.1) is 0 Å². The van der Waals surface area contributed by atoms with E-state index in [0.717, 1.165) is 46.5 Å². The van der Waals surface area contributed by atoms with Crippen molar-refractivity contribution in [1.29, 1.82) is 0 Å². The van der Waals surface area contributed by atoms with Gasteiger partial charge in [0.15, 0.2) is 28.2 Å². The molecule has 0 unspecified atom stereocenters. The molecular weight excluding hydrogens is 1100 g/mol. The summed E-state index contributed by atoms with van der Waals surface area (Å²) in [5.74, 6) is -3.03. The Morgan fingerprint density at radius 2 is 0.843 bits per heavy atom. The smallest absolute Gasteiger partial charge is 0.305 e. The number of rotatable bonds is 34. The third-order valence-corrected chi connectivity index (χ3v) is 23.8. The van der Waals surface area contributed by atoms with Crippen LogP contribution < -0.4 is 26.2 Å². The van der Waals surface area contributed by atoms with Crippen molar-refractivity contribution in [3.05, 3.63) is 58.7 Å². The van der Waals surface area contributed by atoms with E-state index in [1.165, 1.54) is 14.2 Å². The molecule has 0 aliphatic rings. The zero-order valence-corrected chi connectivity index (χ0v) is 54.9. The molecule has 2 rings (SSSR count). The van der Waals surface area contributed by atoms with Crippen LogP contribution >= 0.6 is 0 Å². The van der Waals surface area contributed by atoms with Crippen LogP contribution in [0, 0.1) is 0 Å². The first kappa shape index (κ1) is 77.1. The summed E-state index contributed by atoms with van der Waals surface area (Å²) in [4.78, 5) is 120. The average molecular weight is 1200 g/mol. The van der Waals surface area contributed by atoms with E-state index in [0.29, 0.717) is 51.7 Å². The van der Waals surface area contributed by atoms with Gasteiger partial charge >= 0.3 is 17.9 Å². The third kappa shape index (κ3) is 32.6. The number of hydrogen-bond donors (Lipinski definition) is 4. The lowest BCUT2D eigenvalue weighted by atomic mass is 10.1. The molecule has 5 N–H and O–H groups in total. The summed E-state index contributed by atoms with van der Waals surface area (Å²) < 4.78 is 21.7. The molecule has 0 aliphatic carbocycles. The molecule has 0 radical (unpaired) electrons. The Bertz CT molecular complexity index is 2450. The van der Waals surface area contributed by atoms with E-state index in [2.05, 4.69) is 114 Å². The number of methoxy groups -OCH3 is 2. The lowest BCUT2D eigenvalue weighted by Gasteiger charge is -2.36. The van der Waals surface area contributed by atoms with Gasteiger partial charge in [0.1, 0.15) is 5.78 Å². The number of esters is 2. The number of aryl methyl sites for hydroxylation is 2. The van der Waals surface area contributed by atoms with Crippen molar-refractivity contribution in [1.82, 2.24) is 10.6 Å². The SMILES string of the molecule is CCc1cc(CO[Si](C)(C)C(C)(C)C)cc(N(C)C(=O)CCC(=O)CNC(=O)CCC(=O)CCCCC(=O)OC)c1.CCc1cc(CO[Si](C)(C)C(C)(C)C)cc(N(C)C(=O)CCC(=O)CNC(=O)CN)c1.COC(=O)CCCCC(=O)O. The summed E-state index contributed by atoms with van der Waals surface area (Å²) in [6.07, 6.45) is 5.18. The second-order valence-electron chi connectivity index (χ2n) is 23.6. The number of carbonyl (C=O) groups is 10. The van der Waals surface area contributed by atoms with Crippen LogP contribution in [-0.4, -0.2) is 129 Å². The second kappa shape index (κ2) is 38.8. The number of carboxylic acids is 1. The van der Waals surface area contributed by atoms with Crippen LogP contribution in [0.15, 0.2) is 36.4 Å². The minimum absolute atomic E-state index is 0.0000238. The van der Waals surface area contributed by atoms with Crippen molar-refractivity contribution in [3.63, 3.8) is 0 Å². The van der Waals surface area contributed by atoms with E-state index in [1.807, 2.05) is 24.3 Å². The number of anilines is 2. The monoisotopic (exact) mass is 1200 g/mol. The van der Waals surface area contributed by atoms with Crippen LogP contribution in [0.3, 0.4) is 0 Å². The summed E-state index contributed by atoms with van der Waals surface area (Å²) in [6.45, 7) is 26.8. The van der Waals surface area contributed by atoms with Crippen molar-refractivity contribution in [2.24, 2.45) is 5.73 Å². The van der Waals surface area contributed by atoms with Gasteiger partial charge in [0.2, 0.25) is 23.6 Å². The van der Waals surface area contributed by atoms with Crippen LogP contribution in [-0.2, 0) is 92.3 Å². The normalized spacial score (nSPS) is 11.4. The standard InChI is InChI=1S/C31H50N2O7Si.C23H39N3O4Si.C7H12O4/c1-9-23-18-24(22-40-41(7,8)31(2,3)4)20-25(19-23)33(5)29(37)17-15-27(35)21-32-28(36)16-14-26(34)12-10-11-13-30(38)39-6;1-8-17-11-18(16-30-31(6,7)23(2,3)4)13-19(12-17)26(5)22(29)10-9-20(27)15-25-21(28)14-24;1-11-7(10)5-3-2-4-6(8)9/h18-20H,9-17,21-22H2,1-8H3,(H,32,36);11-13H,8-10,14-16,24H2,1-7H3,(H,25,28);2-5H2,1H3,(H,8,9). The Hall–Kier alpha value is -5.95. The molecule has 0 aliphatic heterocycles. The van der Waals surface area contributed by atoms with E-state index in [1.54, 1.807) is 23.9 Å². The summed E-state index contributed by atoms with van der Waals surface area (Å²) >= 11 is 0. The van der Waals surface area contributed by atoms with Crippen LogP contribution in [0.4, 0.5) is 11.4 Å². The Kier molecular flexibility index (Phi) is 36.0. The van der Waals surface area contributed by atoms with E-state index in [-0.39, 0.29) is 134 Å². The maximum Gasteiger partial charge on any atom is 0.305 e. The van der Waals surface area contributed by atoms with Gasteiger partial charge in [-0.1, -0.05) is 67.5 Å². The first-order valence-electron chi connectivity index (χ1n) is 28.8. The van der Waals surface area contributed by atoms with Crippen LogP contribution in [0.25, 0.3) is 0 Å². The Morgan fingerprint density at radius 3 is 1.19 bits per heavy atom. The molecule has 468 valence electrons. The number of benzene rings is 2. The molecule has 0 atom stereocenters. The minimum atomic E-state index is -1.92. The number of nitrogens with zero attached hydrogens (tertiary/aromatic N) is 2. The second-order valence-corrected chi connectivity index (χ2v) is 33.2. The molecule has 20 nitrogen and oxygen atoms in total. The van der Waals surface area contributed by atoms with E-state index in [4.69, 9.17) is 19.7 Å². The highest BCUT2D eigenvalue weighted by atomic mass is 28.4. The number of ketones is 3. The molecule has 22 heteroatoms. The summed E-state index contributed by atoms with van der Waals surface area (Å²) in [5, 5.41) is 13.4. The number of amides is 4. The molecule has 0 fully saturated rings. The van der Waals surface area contributed by atoms with Gasteiger partial charge in [-0.25, -0.2) is 0 Å². The van der Waals surface area contributed by atoms with E-state index in [9.17, 15) is 47.9 Å². The fraction of sp³-hybridized carbons (Fsp3) is 0.639. The number of nitrogens with one attached hydrogen (secondary N) is 2. The van der Waals surface area contributed by atoms with Crippen LogP contribution in [0.5, 0.6) is 0 Å². The lowest BCUT2D eigenvalue weighted by molar-refractivity contribution is -0.141. The van der Waals surface area contributed by atoms with Crippen molar-refractivity contribution in [2.45, 2.75) is 208 Å². The number of carbonyl (C=O) groups excluding carboxylic acids is 9. The largest absolute Gasteiger partial charge is 0.481 e. The highest BCUT2D eigenvalue weighted by Gasteiger charge is 2.38.